The number of urea groups is 1. The lowest BCUT2D eigenvalue weighted by atomic mass is 10.1. The molecule has 2 amide bonds. The van der Waals surface area contributed by atoms with E-state index in [9.17, 15) is 15.0 Å². The molecule has 0 spiro atoms. The number of amides is 2. The van der Waals surface area contributed by atoms with E-state index in [-0.39, 0.29) is 24.1 Å². The molecule has 7 heteroatoms. The maximum atomic E-state index is 12.2. The molecule has 1 aliphatic rings. The molecule has 0 unspecified atom stereocenters. The molecule has 6 nitrogen and oxygen atoms in total. The second-order valence-electron chi connectivity index (χ2n) is 5.20. The number of aliphatic imine (C=N–C) groups is 1. The van der Waals surface area contributed by atoms with Crippen molar-refractivity contribution >= 4 is 23.0 Å². The van der Waals surface area contributed by atoms with Gasteiger partial charge in [0.05, 0.1) is 6.54 Å². The molecule has 0 saturated carbocycles. The molecule has 0 aliphatic carbocycles. The predicted molar refractivity (Wildman–Crippen MR) is 92.7 cm³/mol. The Labute approximate surface area is 139 Å². The van der Waals surface area contributed by atoms with Crippen molar-refractivity contribution in [2.75, 3.05) is 13.1 Å². The van der Waals surface area contributed by atoms with Crippen LogP contribution in [0.5, 0.6) is 11.5 Å². The predicted octanol–water partition coefficient (Wildman–Crippen LogP) is 3.03. The summed E-state index contributed by atoms with van der Waals surface area (Å²) in [4.78, 5) is 18.3. The van der Waals surface area contributed by atoms with Crippen molar-refractivity contribution in [3.8, 4) is 11.5 Å². The molecule has 124 valence electrons. The van der Waals surface area contributed by atoms with Crippen LogP contribution in [0.1, 0.15) is 24.8 Å². The molecule has 1 heterocycles. The highest BCUT2D eigenvalue weighted by Gasteiger charge is 2.17. The van der Waals surface area contributed by atoms with Crippen molar-refractivity contribution in [1.29, 1.82) is 0 Å². The number of carbonyl (C=O) groups excluding carboxylic acids is 1. The molecule has 0 bridgehead atoms. The van der Waals surface area contributed by atoms with Crippen LogP contribution >= 0.6 is 11.8 Å². The van der Waals surface area contributed by atoms with Gasteiger partial charge in [-0.05, 0) is 36.8 Å². The van der Waals surface area contributed by atoms with Crippen LogP contribution in [0.2, 0.25) is 0 Å². The van der Waals surface area contributed by atoms with Crippen molar-refractivity contribution in [3.05, 3.63) is 35.7 Å². The standard InChI is InChI=1S/C16H21N3O3S/c1-2-23-15(18-16(22)19-8-4-3-5-9-19)17-11-12-6-7-13(20)10-14(12)21/h2,6-7,10,20-21H,1,3-5,8-9,11H2,(H,17,18,22). The van der Waals surface area contributed by atoms with Gasteiger partial charge >= 0.3 is 6.03 Å². The van der Waals surface area contributed by atoms with Gasteiger partial charge in [-0.2, -0.15) is 0 Å². The number of hydrogen-bond acceptors (Lipinski definition) is 5. The van der Waals surface area contributed by atoms with Crippen LogP contribution in [0.3, 0.4) is 0 Å². The first-order valence-corrected chi connectivity index (χ1v) is 8.37. The van der Waals surface area contributed by atoms with Gasteiger partial charge in [0.2, 0.25) is 0 Å². The third kappa shape index (κ3) is 5.21. The van der Waals surface area contributed by atoms with E-state index in [0.29, 0.717) is 10.7 Å². The van der Waals surface area contributed by atoms with Gasteiger partial charge in [-0.15, -0.1) is 0 Å². The van der Waals surface area contributed by atoms with Gasteiger partial charge in [0.15, 0.2) is 5.17 Å². The summed E-state index contributed by atoms with van der Waals surface area (Å²) < 4.78 is 0. The number of aromatic hydroxyl groups is 2. The quantitative estimate of drug-likeness (QED) is 0.585. The summed E-state index contributed by atoms with van der Waals surface area (Å²) in [5.41, 5.74) is 0.567. The monoisotopic (exact) mass is 335 g/mol. The Balaban J connectivity index is 2.01. The van der Waals surface area contributed by atoms with E-state index in [4.69, 9.17) is 0 Å². The van der Waals surface area contributed by atoms with E-state index < -0.39 is 0 Å². The van der Waals surface area contributed by atoms with Gasteiger partial charge < -0.3 is 15.1 Å². The molecule has 0 atom stereocenters. The average molecular weight is 335 g/mol. The van der Waals surface area contributed by atoms with E-state index >= 15 is 0 Å². The molecule has 1 fully saturated rings. The van der Waals surface area contributed by atoms with Crippen LogP contribution in [-0.2, 0) is 6.54 Å². The van der Waals surface area contributed by atoms with E-state index in [0.717, 1.165) is 32.4 Å². The molecule has 2 rings (SSSR count). The molecular formula is C16H21N3O3S. The Hall–Kier alpha value is -2.15. The summed E-state index contributed by atoms with van der Waals surface area (Å²) in [5, 5.41) is 23.9. The van der Waals surface area contributed by atoms with Crippen LogP contribution in [0.25, 0.3) is 0 Å². The fourth-order valence-corrected chi connectivity index (χ4v) is 2.74. The van der Waals surface area contributed by atoms with Gasteiger partial charge in [-0.25, -0.2) is 4.79 Å². The molecule has 0 aromatic heterocycles. The number of likely N-dealkylation sites (tertiary alicyclic amines) is 1. The maximum absolute atomic E-state index is 12.2. The van der Waals surface area contributed by atoms with Crippen molar-refractivity contribution in [1.82, 2.24) is 10.2 Å². The minimum Gasteiger partial charge on any atom is -0.508 e. The van der Waals surface area contributed by atoms with E-state index in [1.807, 2.05) is 0 Å². The lowest BCUT2D eigenvalue weighted by Gasteiger charge is -2.26. The van der Waals surface area contributed by atoms with Crippen LogP contribution in [0, 0.1) is 0 Å². The second kappa shape index (κ2) is 8.47. The van der Waals surface area contributed by atoms with Crippen LogP contribution in [0.4, 0.5) is 4.79 Å². The minimum absolute atomic E-state index is 0.00526. The number of benzene rings is 1. The van der Waals surface area contributed by atoms with Crippen LogP contribution < -0.4 is 5.32 Å². The highest BCUT2D eigenvalue weighted by atomic mass is 32.2. The zero-order chi connectivity index (χ0) is 16.7. The summed E-state index contributed by atoms with van der Waals surface area (Å²) in [6, 6.07) is 4.18. The SMILES string of the molecule is C=CS/C(=N\Cc1ccc(O)cc1O)NC(=O)N1CCCCC1. The number of hydrogen-bond donors (Lipinski definition) is 3. The normalized spacial score (nSPS) is 15.3. The Morgan fingerprint density at radius 3 is 2.74 bits per heavy atom. The molecule has 1 aromatic carbocycles. The molecular weight excluding hydrogens is 314 g/mol. The third-order valence-electron chi connectivity index (χ3n) is 3.51. The van der Waals surface area contributed by atoms with Gasteiger partial charge in [-0.1, -0.05) is 18.3 Å². The maximum Gasteiger partial charge on any atom is 0.323 e. The first kappa shape index (κ1) is 17.2. The molecule has 23 heavy (non-hydrogen) atoms. The van der Waals surface area contributed by atoms with Gasteiger partial charge in [0.25, 0.3) is 0 Å². The van der Waals surface area contributed by atoms with E-state index in [2.05, 4.69) is 16.9 Å². The highest BCUT2D eigenvalue weighted by Crippen LogP contribution is 2.23. The average Bonchev–Trinajstić information content (AvgIpc) is 2.55. The second-order valence-corrected chi connectivity index (χ2v) is 6.15. The summed E-state index contributed by atoms with van der Waals surface area (Å²) in [6.45, 7) is 5.36. The smallest absolute Gasteiger partial charge is 0.323 e. The van der Waals surface area contributed by atoms with Gasteiger partial charge in [0.1, 0.15) is 11.5 Å². The molecule has 1 saturated heterocycles. The Morgan fingerprint density at radius 2 is 2.09 bits per heavy atom. The third-order valence-corrected chi connectivity index (χ3v) is 4.14. The zero-order valence-electron chi connectivity index (χ0n) is 12.9. The summed E-state index contributed by atoms with van der Waals surface area (Å²) in [5.74, 6) is -0.0339. The summed E-state index contributed by atoms with van der Waals surface area (Å²) >= 11 is 1.22. The van der Waals surface area contributed by atoms with Crippen molar-refractivity contribution in [2.45, 2.75) is 25.8 Å². The molecule has 3 N–H and O–H groups in total. The number of phenolic OH excluding ortho intramolecular Hbond substituents is 2. The minimum atomic E-state index is -0.160. The Kier molecular flexibility index (Phi) is 6.34. The number of phenols is 2. The number of rotatable bonds is 3. The number of nitrogens with zero attached hydrogens (tertiary/aromatic N) is 2. The van der Waals surface area contributed by atoms with Crippen LogP contribution in [0.15, 0.2) is 35.2 Å². The van der Waals surface area contributed by atoms with Gasteiger partial charge in [-0.3, -0.25) is 10.3 Å². The molecule has 1 aromatic rings. The number of thioether (sulfide) groups is 1. The fraction of sp³-hybridized carbons (Fsp3) is 0.375. The lowest BCUT2D eigenvalue weighted by Crippen LogP contribution is -2.44. The largest absolute Gasteiger partial charge is 0.508 e. The number of nitrogens with one attached hydrogen (secondary N) is 1. The van der Waals surface area contributed by atoms with E-state index in [1.165, 1.54) is 23.9 Å². The summed E-state index contributed by atoms with van der Waals surface area (Å²) in [7, 11) is 0. The van der Waals surface area contributed by atoms with Crippen molar-refractivity contribution in [2.24, 2.45) is 4.99 Å². The van der Waals surface area contributed by atoms with Crippen molar-refractivity contribution < 1.29 is 15.0 Å². The fourth-order valence-electron chi connectivity index (χ4n) is 2.30. The first-order valence-electron chi connectivity index (χ1n) is 7.49. The topological polar surface area (TPSA) is 85.2 Å². The molecule has 1 aliphatic heterocycles. The number of amidine groups is 1. The first-order chi connectivity index (χ1) is 11.1. The van der Waals surface area contributed by atoms with Crippen molar-refractivity contribution in [3.63, 3.8) is 0 Å². The zero-order valence-corrected chi connectivity index (χ0v) is 13.7. The summed E-state index contributed by atoms with van der Waals surface area (Å²) in [6.07, 6.45) is 3.21. The van der Waals surface area contributed by atoms with Crippen LogP contribution in [-0.4, -0.2) is 39.4 Å². The molecule has 0 radical (unpaired) electrons. The lowest BCUT2D eigenvalue weighted by molar-refractivity contribution is 0.191. The Bertz CT molecular complexity index is 598. The number of piperidine rings is 1. The Morgan fingerprint density at radius 1 is 1.35 bits per heavy atom. The highest BCUT2D eigenvalue weighted by molar-refractivity contribution is 8.16. The van der Waals surface area contributed by atoms with E-state index in [1.54, 1.807) is 16.4 Å². The van der Waals surface area contributed by atoms with Gasteiger partial charge in [0, 0.05) is 24.7 Å². The number of carbonyl (C=O) groups is 1.